The average Bonchev–Trinajstić information content (AvgIpc) is 2.59. The van der Waals surface area contributed by atoms with Gasteiger partial charge in [-0.15, -0.1) is 0 Å². The lowest BCUT2D eigenvalue weighted by molar-refractivity contribution is -0.142. The van der Waals surface area contributed by atoms with Crippen LogP contribution in [0.25, 0.3) is 0 Å². The summed E-state index contributed by atoms with van der Waals surface area (Å²) >= 11 is 0. The molecule has 0 saturated heterocycles. The predicted octanol–water partition coefficient (Wildman–Crippen LogP) is 1.87. The number of aromatic nitrogens is 2. The molecule has 1 aromatic heterocycles. The Hall–Kier alpha value is -1.32. The minimum Gasteiger partial charge on any atom is -0.481 e. The topological polar surface area (TPSA) is 66.0 Å². The van der Waals surface area contributed by atoms with Crippen LogP contribution < -0.4 is 0 Å². The fraction of sp³-hybridized carbons (Fsp3) is 0.667. The third-order valence-corrected chi connectivity index (χ3v) is 4.02. The highest BCUT2D eigenvalue weighted by Crippen LogP contribution is 2.39. The molecule has 1 aromatic rings. The van der Waals surface area contributed by atoms with Gasteiger partial charge in [-0.1, -0.05) is 6.42 Å². The minimum absolute atomic E-state index is 0.205. The molecule has 0 aromatic carbocycles. The molecule has 0 aliphatic heterocycles. The lowest BCUT2D eigenvalue weighted by Gasteiger charge is -2.26. The lowest BCUT2D eigenvalue weighted by Crippen LogP contribution is -2.23. The van der Waals surface area contributed by atoms with Gasteiger partial charge in [-0.2, -0.15) is 5.10 Å². The maximum atomic E-state index is 11.0. The van der Waals surface area contributed by atoms with Crippen LogP contribution in [0.3, 0.4) is 0 Å². The number of aromatic amines is 1. The molecule has 1 unspecified atom stereocenters. The summed E-state index contributed by atoms with van der Waals surface area (Å²) in [5.41, 5.74) is 3.55. The van der Waals surface area contributed by atoms with Crippen molar-refractivity contribution in [2.75, 3.05) is 0 Å². The van der Waals surface area contributed by atoms with Crippen molar-refractivity contribution in [3.05, 3.63) is 17.0 Å². The van der Waals surface area contributed by atoms with Crippen molar-refractivity contribution < 1.29 is 9.90 Å². The van der Waals surface area contributed by atoms with E-state index in [1.165, 1.54) is 30.5 Å². The molecule has 0 bridgehead atoms. The van der Waals surface area contributed by atoms with E-state index in [4.69, 9.17) is 5.11 Å². The van der Waals surface area contributed by atoms with Crippen LogP contribution in [-0.2, 0) is 17.6 Å². The standard InChI is InChI=1S/C12H16N2O2/c15-12(16)8-4-5-10-9(6-8)11(14-13-10)7-2-1-3-7/h7-8H,1-6H2,(H,13,14)(H,15,16). The first-order valence-corrected chi connectivity index (χ1v) is 6.04. The number of aryl methyl sites for hydroxylation is 1. The van der Waals surface area contributed by atoms with Crippen LogP contribution in [0.1, 0.15) is 48.6 Å². The molecule has 0 radical (unpaired) electrons. The smallest absolute Gasteiger partial charge is 0.306 e. The van der Waals surface area contributed by atoms with Crippen LogP contribution >= 0.6 is 0 Å². The molecule has 3 rings (SSSR count). The molecule has 2 aliphatic carbocycles. The number of nitrogens with zero attached hydrogens (tertiary/aromatic N) is 1. The molecular weight excluding hydrogens is 204 g/mol. The van der Waals surface area contributed by atoms with Crippen molar-refractivity contribution in [3.63, 3.8) is 0 Å². The number of hydrogen-bond donors (Lipinski definition) is 2. The predicted molar refractivity (Wildman–Crippen MR) is 58.3 cm³/mol. The number of carboxylic acid groups (broad SMARTS) is 1. The van der Waals surface area contributed by atoms with E-state index >= 15 is 0 Å². The van der Waals surface area contributed by atoms with E-state index in [2.05, 4.69) is 10.2 Å². The molecule has 1 saturated carbocycles. The van der Waals surface area contributed by atoms with Crippen molar-refractivity contribution in [1.82, 2.24) is 10.2 Å². The van der Waals surface area contributed by atoms with Gasteiger partial charge in [0.1, 0.15) is 0 Å². The maximum Gasteiger partial charge on any atom is 0.306 e. The van der Waals surface area contributed by atoms with Gasteiger partial charge in [0.25, 0.3) is 0 Å². The van der Waals surface area contributed by atoms with Gasteiger partial charge in [0.05, 0.1) is 11.6 Å². The molecule has 86 valence electrons. The van der Waals surface area contributed by atoms with Crippen LogP contribution in [0.2, 0.25) is 0 Å². The summed E-state index contributed by atoms with van der Waals surface area (Å²) in [5.74, 6) is -0.275. The number of nitrogens with one attached hydrogen (secondary N) is 1. The fourth-order valence-corrected chi connectivity index (χ4v) is 2.75. The SMILES string of the molecule is O=C(O)C1CCc2[nH]nc(C3CCC3)c2C1. The number of carbonyl (C=O) groups is 1. The number of aliphatic carboxylic acids is 1. The highest BCUT2D eigenvalue weighted by molar-refractivity contribution is 5.71. The van der Waals surface area contributed by atoms with E-state index in [0.717, 1.165) is 18.5 Å². The van der Waals surface area contributed by atoms with Gasteiger partial charge in [0, 0.05) is 11.6 Å². The second kappa shape index (κ2) is 3.61. The van der Waals surface area contributed by atoms with Crippen molar-refractivity contribution in [3.8, 4) is 0 Å². The normalized spacial score (nSPS) is 24.9. The van der Waals surface area contributed by atoms with Gasteiger partial charge < -0.3 is 5.11 Å². The minimum atomic E-state index is -0.661. The Morgan fingerprint density at radius 1 is 1.38 bits per heavy atom. The number of H-pyrrole nitrogens is 1. The van der Waals surface area contributed by atoms with Gasteiger partial charge in [0.15, 0.2) is 0 Å². The lowest BCUT2D eigenvalue weighted by atomic mass is 9.78. The van der Waals surface area contributed by atoms with Gasteiger partial charge in [-0.25, -0.2) is 0 Å². The third kappa shape index (κ3) is 1.44. The van der Waals surface area contributed by atoms with Gasteiger partial charge in [0.2, 0.25) is 0 Å². The zero-order chi connectivity index (χ0) is 11.1. The second-order valence-electron chi connectivity index (χ2n) is 4.97. The molecular formula is C12H16N2O2. The Labute approximate surface area is 94.1 Å². The monoisotopic (exact) mass is 220 g/mol. The summed E-state index contributed by atoms with van der Waals surface area (Å²) in [6, 6.07) is 0. The maximum absolute atomic E-state index is 11.0. The molecule has 4 heteroatoms. The molecule has 16 heavy (non-hydrogen) atoms. The first-order valence-electron chi connectivity index (χ1n) is 6.04. The molecule has 2 aliphatic rings. The molecule has 2 N–H and O–H groups in total. The van der Waals surface area contributed by atoms with Crippen molar-refractivity contribution in [1.29, 1.82) is 0 Å². The van der Waals surface area contributed by atoms with E-state index in [1.54, 1.807) is 0 Å². The summed E-state index contributed by atoms with van der Waals surface area (Å²) in [6.45, 7) is 0. The Kier molecular flexibility index (Phi) is 2.23. The Morgan fingerprint density at radius 3 is 2.81 bits per heavy atom. The average molecular weight is 220 g/mol. The van der Waals surface area contributed by atoms with Crippen LogP contribution in [0.5, 0.6) is 0 Å². The quantitative estimate of drug-likeness (QED) is 0.799. The Balaban J connectivity index is 1.88. The largest absolute Gasteiger partial charge is 0.481 e. The van der Waals surface area contributed by atoms with Crippen molar-refractivity contribution in [2.24, 2.45) is 5.92 Å². The molecule has 4 nitrogen and oxygen atoms in total. The first kappa shape index (κ1) is 9.87. The van der Waals surface area contributed by atoms with E-state index in [1.807, 2.05) is 0 Å². The number of carboxylic acids is 1. The van der Waals surface area contributed by atoms with Crippen LogP contribution in [0.15, 0.2) is 0 Å². The molecule has 0 spiro atoms. The third-order valence-electron chi connectivity index (χ3n) is 4.02. The van der Waals surface area contributed by atoms with Gasteiger partial charge in [-0.3, -0.25) is 9.89 Å². The summed E-state index contributed by atoms with van der Waals surface area (Å²) in [6.07, 6.45) is 5.98. The summed E-state index contributed by atoms with van der Waals surface area (Å²) in [5, 5.41) is 16.6. The number of rotatable bonds is 2. The fourth-order valence-electron chi connectivity index (χ4n) is 2.75. The highest BCUT2D eigenvalue weighted by Gasteiger charge is 2.32. The number of hydrogen-bond acceptors (Lipinski definition) is 2. The zero-order valence-electron chi connectivity index (χ0n) is 9.20. The molecule has 1 heterocycles. The van der Waals surface area contributed by atoms with E-state index in [-0.39, 0.29) is 5.92 Å². The molecule has 1 fully saturated rings. The van der Waals surface area contributed by atoms with Crippen LogP contribution in [-0.4, -0.2) is 21.3 Å². The van der Waals surface area contributed by atoms with E-state index in [0.29, 0.717) is 12.3 Å². The summed E-state index contributed by atoms with van der Waals surface area (Å²) in [7, 11) is 0. The number of fused-ring (bicyclic) bond motifs is 1. The molecule has 1 atom stereocenters. The second-order valence-corrected chi connectivity index (χ2v) is 4.97. The van der Waals surface area contributed by atoms with E-state index < -0.39 is 5.97 Å². The zero-order valence-corrected chi connectivity index (χ0v) is 9.20. The summed E-state index contributed by atoms with van der Waals surface area (Å²) < 4.78 is 0. The van der Waals surface area contributed by atoms with Crippen LogP contribution in [0, 0.1) is 5.92 Å². The van der Waals surface area contributed by atoms with Crippen molar-refractivity contribution >= 4 is 5.97 Å². The summed E-state index contributed by atoms with van der Waals surface area (Å²) in [4.78, 5) is 11.0. The van der Waals surface area contributed by atoms with Crippen molar-refractivity contribution in [2.45, 2.75) is 44.4 Å². The van der Waals surface area contributed by atoms with Gasteiger partial charge >= 0.3 is 5.97 Å². The Morgan fingerprint density at radius 2 is 2.19 bits per heavy atom. The van der Waals surface area contributed by atoms with E-state index in [9.17, 15) is 4.79 Å². The first-order chi connectivity index (χ1) is 7.75. The highest BCUT2D eigenvalue weighted by atomic mass is 16.4. The van der Waals surface area contributed by atoms with Gasteiger partial charge in [-0.05, 0) is 37.7 Å². The Bertz CT molecular complexity index is 421. The van der Waals surface area contributed by atoms with Crippen LogP contribution in [0.4, 0.5) is 0 Å². The molecule has 0 amide bonds.